The van der Waals surface area contributed by atoms with Crippen molar-refractivity contribution >= 4 is 28.1 Å². The van der Waals surface area contributed by atoms with Gasteiger partial charge in [0, 0.05) is 11.8 Å². The van der Waals surface area contributed by atoms with Crippen LogP contribution in [0.25, 0.3) is 15.7 Å². The van der Waals surface area contributed by atoms with Gasteiger partial charge in [0.25, 0.3) is 0 Å². The second-order valence-corrected chi connectivity index (χ2v) is 6.96. The summed E-state index contributed by atoms with van der Waals surface area (Å²) in [7, 11) is 0. The highest BCUT2D eigenvalue weighted by atomic mass is 32.2. The molecular weight excluding hydrogens is 330 g/mol. The fourth-order valence-corrected chi connectivity index (χ4v) is 3.86. The molecule has 0 saturated heterocycles. The average Bonchev–Trinajstić information content (AvgIpc) is 3.25. The Morgan fingerprint density at radius 1 is 1.17 bits per heavy atom. The Morgan fingerprint density at radius 2 is 2.04 bits per heavy atom. The highest BCUT2D eigenvalue weighted by Gasteiger charge is 2.15. The minimum atomic E-state index is 0.737. The van der Waals surface area contributed by atoms with Gasteiger partial charge in [0.15, 0.2) is 10.8 Å². The van der Waals surface area contributed by atoms with Crippen LogP contribution in [0, 0.1) is 6.92 Å². The second-order valence-electron chi connectivity index (χ2n) is 5.02. The van der Waals surface area contributed by atoms with Crippen LogP contribution in [0.5, 0.6) is 0 Å². The van der Waals surface area contributed by atoms with Crippen LogP contribution in [0.2, 0.25) is 0 Å². The van der Waals surface area contributed by atoms with E-state index in [0.717, 1.165) is 38.8 Å². The smallest absolute Gasteiger partial charge is 0.235 e. The molecule has 0 fully saturated rings. The van der Waals surface area contributed by atoms with Crippen LogP contribution in [-0.2, 0) is 11.5 Å². The summed E-state index contributed by atoms with van der Waals surface area (Å²) in [4.78, 5) is 0.774. The number of fused-ring (bicyclic) bond motifs is 1. The van der Waals surface area contributed by atoms with E-state index in [4.69, 9.17) is 4.52 Å². The van der Waals surface area contributed by atoms with Crippen LogP contribution >= 0.6 is 23.1 Å². The zero-order valence-corrected chi connectivity index (χ0v) is 14.0. The second kappa shape index (κ2) is 6.13. The fraction of sp³-hybridized carbons (Fsp3) is 0.200. The van der Waals surface area contributed by atoms with Gasteiger partial charge in [0.2, 0.25) is 4.96 Å². The summed E-state index contributed by atoms with van der Waals surface area (Å²) < 4.78 is 6.90. The molecule has 0 spiro atoms. The Balaban J connectivity index is 1.50. The Labute approximate surface area is 140 Å². The van der Waals surface area contributed by atoms with Crippen molar-refractivity contribution in [3.63, 3.8) is 0 Å². The van der Waals surface area contributed by atoms with E-state index < -0.39 is 0 Å². The molecule has 8 heteroatoms. The van der Waals surface area contributed by atoms with Gasteiger partial charge in [-0.3, -0.25) is 0 Å². The maximum atomic E-state index is 5.10. The van der Waals surface area contributed by atoms with Crippen LogP contribution in [0.15, 0.2) is 40.9 Å². The molecule has 0 aliphatic rings. The molecule has 1 aromatic carbocycles. The summed E-state index contributed by atoms with van der Waals surface area (Å²) in [5.41, 5.74) is 2.04. The highest BCUT2D eigenvalue weighted by Crippen LogP contribution is 2.26. The first-order chi connectivity index (χ1) is 11.3. The van der Waals surface area contributed by atoms with E-state index in [1.165, 1.54) is 16.9 Å². The van der Waals surface area contributed by atoms with Gasteiger partial charge < -0.3 is 4.52 Å². The zero-order valence-electron chi connectivity index (χ0n) is 12.3. The summed E-state index contributed by atoms with van der Waals surface area (Å²) in [6.45, 7) is 1.86. The molecule has 0 unspecified atom stereocenters. The SMILES string of the molecule is Cc1cc(-c2nn3c(CSCc4ccccc4)nnc3s2)no1. The fourth-order valence-electron chi connectivity index (χ4n) is 2.15. The molecule has 0 saturated carbocycles. The molecule has 23 heavy (non-hydrogen) atoms. The number of hydrogen-bond acceptors (Lipinski definition) is 7. The average molecular weight is 343 g/mol. The van der Waals surface area contributed by atoms with Gasteiger partial charge in [-0.25, -0.2) is 0 Å². The molecule has 0 bridgehead atoms. The molecule has 0 atom stereocenters. The standard InChI is InChI=1S/C15H13N5OS2/c1-10-7-12(19-21-10)14-18-20-13(16-17-15(20)23-14)9-22-8-11-5-3-2-4-6-11/h2-7H,8-9H2,1H3. The molecule has 4 aromatic rings. The van der Waals surface area contributed by atoms with Crippen molar-refractivity contribution < 1.29 is 4.52 Å². The Morgan fingerprint density at radius 3 is 2.83 bits per heavy atom. The predicted octanol–water partition coefficient (Wildman–Crippen LogP) is 3.58. The van der Waals surface area contributed by atoms with Crippen molar-refractivity contribution in [2.24, 2.45) is 0 Å². The van der Waals surface area contributed by atoms with E-state index >= 15 is 0 Å². The predicted molar refractivity (Wildman–Crippen MR) is 90.3 cm³/mol. The highest BCUT2D eigenvalue weighted by molar-refractivity contribution is 7.97. The first-order valence-corrected chi connectivity index (χ1v) is 9.03. The van der Waals surface area contributed by atoms with E-state index in [1.54, 1.807) is 16.3 Å². The van der Waals surface area contributed by atoms with Crippen molar-refractivity contribution in [2.75, 3.05) is 0 Å². The zero-order chi connectivity index (χ0) is 15.6. The monoisotopic (exact) mass is 343 g/mol. The van der Waals surface area contributed by atoms with Gasteiger partial charge in [-0.05, 0) is 12.5 Å². The molecule has 116 valence electrons. The van der Waals surface area contributed by atoms with Crippen LogP contribution < -0.4 is 0 Å². The lowest BCUT2D eigenvalue weighted by atomic mass is 10.2. The van der Waals surface area contributed by atoms with Crippen molar-refractivity contribution in [3.8, 4) is 10.7 Å². The van der Waals surface area contributed by atoms with Gasteiger partial charge in [-0.2, -0.15) is 9.61 Å². The number of thioether (sulfide) groups is 1. The van der Waals surface area contributed by atoms with Crippen molar-refractivity contribution in [2.45, 2.75) is 18.4 Å². The number of benzene rings is 1. The molecule has 3 aromatic heterocycles. The first kappa shape index (κ1) is 14.4. The quantitative estimate of drug-likeness (QED) is 0.552. The lowest BCUT2D eigenvalue weighted by Gasteiger charge is -1.99. The third-order valence-electron chi connectivity index (χ3n) is 3.25. The minimum absolute atomic E-state index is 0.737. The van der Waals surface area contributed by atoms with Gasteiger partial charge in [0.1, 0.15) is 11.5 Å². The first-order valence-electron chi connectivity index (χ1n) is 7.06. The summed E-state index contributed by atoms with van der Waals surface area (Å²) >= 11 is 3.26. The molecule has 3 heterocycles. The third-order valence-corrected chi connectivity index (χ3v) is 5.17. The summed E-state index contributed by atoms with van der Waals surface area (Å²) in [5, 5.41) is 17.8. The summed E-state index contributed by atoms with van der Waals surface area (Å²) in [6.07, 6.45) is 0. The Kier molecular flexibility index (Phi) is 3.84. The normalized spacial score (nSPS) is 11.3. The number of aryl methyl sites for hydroxylation is 1. The molecule has 0 N–H and O–H groups in total. The van der Waals surface area contributed by atoms with E-state index in [2.05, 4.69) is 44.7 Å². The number of nitrogens with zero attached hydrogens (tertiary/aromatic N) is 5. The van der Waals surface area contributed by atoms with Gasteiger partial charge in [-0.1, -0.05) is 46.8 Å². The number of hydrogen-bond donors (Lipinski definition) is 0. The van der Waals surface area contributed by atoms with Gasteiger partial charge in [0.05, 0.1) is 5.75 Å². The maximum Gasteiger partial charge on any atom is 0.235 e. The Hall–Kier alpha value is -2.19. The van der Waals surface area contributed by atoms with E-state index in [0.29, 0.717) is 0 Å². The lowest BCUT2D eigenvalue weighted by Crippen LogP contribution is -1.94. The topological polar surface area (TPSA) is 69.1 Å². The molecular formula is C15H13N5OS2. The largest absolute Gasteiger partial charge is 0.361 e. The van der Waals surface area contributed by atoms with Crippen LogP contribution in [-0.4, -0.2) is 25.0 Å². The van der Waals surface area contributed by atoms with Crippen LogP contribution in [0.4, 0.5) is 0 Å². The number of aromatic nitrogens is 5. The van der Waals surface area contributed by atoms with E-state index in [9.17, 15) is 0 Å². The molecule has 0 aliphatic heterocycles. The minimum Gasteiger partial charge on any atom is -0.361 e. The van der Waals surface area contributed by atoms with Crippen molar-refractivity contribution in [1.82, 2.24) is 25.0 Å². The van der Waals surface area contributed by atoms with Crippen molar-refractivity contribution in [1.29, 1.82) is 0 Å². The summed E-state index contributed by atoms with van der Waals surface area (Å²) in [6, 6.07) is 12.3. The molecule has 0 aliphatic carbocycles. The molecule has 6 nitrogen and oxygen atoms in total. The third kappa shape index (κ3) is 2.99. The molecule has 4 rings (SSSR count). The molecule has 0 amide bonds. The number of rotatable bonds is 5. The lowest BCUT2D eigenvalue weighted by molar-refractivity contribution is 0.399. The maximum absolute atomic E-state index is 5.10. The van der Waals surface area contributed by atoms with Crippen molar-refractivity contribution in [3.05, 3.63) is 53.5 Å². The Bertz CT molecular complexity index is 928. The van der Waals surface area contributed by atoms with Crippen LogP contribution in [0.3, 0.4) is 0 Å². The van der Waals surface area contributed by atoms with Crippen LogP contribution in [0.1, 0.15) is 17.1 Å². The summed E-state index contributed by atoms with van der Waals surface area (Å²) in [5.74, 6) is 3.32. The van der Waals surface area contributed by atoms with E-state index in [1.807, 2.05) is 19.1 Å². The van der Waals surface area contributed by atoms with E-state index in [-0.39, 0.29) is 0 Å². The molecule has 0 radical (unpaired) electrons. The van der Waals surface area contributed by atoms with Gasteiger partial charge in [-0.15, -0.1) is 22.0 Å². The van der Waals surface area contributed by atoms with Gasteiger partial charge >= 0.3 is 0 Å².